The van der Waals surface area contributed by atoms with E-state index in [4.69, 9.17) is 0 Å². The molecule has 0 saturated heterocycles. The van der Waals surface area contributed by atoms with Crippen LogP contribution in [0.25, 0.3) is 0 Å². The van der Waals surface area contributed by atoms with Gasteiger partial charge >= 0.3 is 5.97 Å². The molecule has 2 atom stereocenters. The van der Waals surface area contributed by atoms with Crippen molar-refractivity contribution < 1.29 is 19.5 Å². The van der Waals surface area contributed by atoms with Gasteiger partial charge in [-0.3, -0.25) is 9.59 Å². The average Bonchev–Trinajstić information content (AvgIpc) is 2.62. The van der Waals surface area contributed by atoms with E-state index in [2.05, 4.69) is 26.6 Å². The maximum atomic E-state index is 12.7. The first-order chi connectivity index (χ1) is 12.9. The van der Waals surface area contributed by atoms with Crippen molar-refractivity contribution in [2.24, 2.45) is 0 Å². The van der Waals surface area contributed by atoms with Gasteiger partial charge in [0.05, 0.1) is 0 Å². The molecule has 0 radical (unpaired) electrons. The second-order valence-electron chi connectivity index (χ2n) is 6.14. The van der Waals surface area contributed by atoms with Gasteiger partial charge in [0.25, 0.3) is 0 Å². The number of amides is 2. The van der Waals surface area contributed by atoms with Crippen LogP contribution < -0.4 is 10.6 Å². The van der Waals surface area contributed by atoms with Crippen LogP contribution in [0, 0.1) is 0 Å². The lowest BCUT2D eigenvalue weighted by Crippen LogP contribution is -2.52. The van der Waals surface area contributed by atoms with Crippen LogP contribution in [-0.4, -0.2) is 35.0 Å². The number of hydrogen-bond acceptors (Lipinski definition) is 3. The van der Waals surface area contributed by atoms with Crippen molar-refractivity contribution in [2.75, 3.05) is 0 Å². The predicted molar refractivity (Wildman–Crippen MR) is 105 cm³/mol. The third kappa shape index (κ3) is 6.53. The summed E-state index contributed by atoms with van der Waals surface area (Å²) in [6.07, 6.45) is 0.397. The molecule has 0 unspecified atom stereocenters. The summed E-state index contributed by atoms with van der Waals surface area (Å²) in [6, 6.07) is 14.5. The molecule has 2 aromatic carbocycles. The third-order valence-electron chi connectivity index (χ3n) is 3.97. The van der Waals surface area contributed by atoms with Gasteiger partial charge in [-0.25, -0.2) is 4.79 Å². The highest BCUT2D eigenvalue weighted by Crippen LogP contribution is 2.17. The van der Waals surface area contributed by atoms with Crippen LogP contribution >= 0.6 is 15.9 Å². The molecule has 0 bridgehead atoms. The monoisotopic (exact) mass is 432 g/mol. The molecule has 2 aromatic rings. The van der Waals surface area contributed by atoms with Gasteiger partial charge in [0.15, 0.2) is 0 Å². The van der Waals surface area contributed by atoms with Crippen LogP contribution in [0.4, 0.5) is 0 Å². The smallest absolute Gasteiger partial charge is 0.326 e. The normalized spacial score (nSPS) is 12.7. The first kappa shape index (κ1) is 20.6. The van der Waals surface area contributed by atoms with Gasteiger partial charge in [0.2, 0.25) is 11.8 Å². The fourth-order valence-electron chi connectivity index (χ4n) is 2.66. The number of carboxylic acids is 1. The Hall–Kier alpha value is -2.67. The number of aliphatic carboxylic acids is 1. The molecule has 2 rings (SSSR count). The number of carbonyl (C=O) groups is 3. The molecule has 142 valence electrons. The quantitative estimate of drug-likeness (QED) is 0.596. The van der Waals surface area contributed by atoms with Crippen LogP contribution in [-0.2, 0) is 27.2 Å². The SMILES string of the molecule is CC(=O)N[C@H](Cc1ccccc1)C(=O)N[C@@H](Cc1ccccc1Br)C(=O)O. The summed E-state index contributed by atoms with van der Waals surface area (Å²) in [5.41, 5.74) is 1.63. The second kappa shape index (κ2) is 9.87. The third-order valence-corrected chi connectivity index (χ3v) is 4.75. The second-order valence-corrected chi connectivity index (χ2v) is 6.99. The molecule has 0 fully saturated rings. The van der Waals surface area contributed by atoms with E-state index >= 15 is 0 Å². The molecule has 0 aliphatic heterocycles. The molecule has 3 N–H and O–H groups in total. The van der Waals surface area contributed by atoms with Gasteiger partial charge in [-0.15, -0.1) is 0 Å². The Kier molecular flexibility index (Phi) is 7.55. The van der Waals surface area contributed by atoms with Gasteiger partial charge in [-0.1, -0.05) is 64.5 Å². The molecule has 0 heterocycles. The minimum absolute atomic E-state index is 0.126. The van der Waals surface area contributed by atoms with E-state index in [1.165, 1.54) is 6.92 Å². The topological polar surface area (TPSA) is 95.5 Å². The number of benzene rings is 2. The molecule has 0 aromatic heterocycles. The lowest BCUT2D eigenvalue weighted by Gasteiger charge is -2.21. The van der Waals surface area contributed by atoms with Crippen LogP contribution in [0.2, 0.25) is 0 Å². The summed E-state index contributed by atoms with van der Waals surface area (Å²) in [4.78, 5) is 35.8. The van der Waals surface area contributed by atoms with Gasteiger partial charge < -0.3 is 15.7 Å². The summed E-state index contributed by atoms with van der Waals surface area (Å²) in [6.45, 7) is 1.32. The van der Waals surface area contributed by atoms with Crippen LogP contribution in [0.5, 0.6) is 0 Å². The van der Waals surface area contributed by atoms with Crippen molar-refractivity contribution in [3.63, 3.8) is 0 Å². The summed E-state index contributed by atoms with van der Waals surface area (Å²) >= 11 is 3.38. The minimum atomic E-state index is -1.14. The Morgan fingerprint density at radius 3 is 2.15 bits per heavy atom. The highest BCUT2D eigenvalue weighted by molar-refractivity contribution is 9.10. The van der Waals surface area contributed by atoms with Crippen molar-refractivity contribution in [1.82, 2.24) is 10.6 Å². The van der Waals surface area contributed by atoms with Gasteiger partial charge in [-0.05, 0) is 17.2 Å². The van der Waals surface area contributed by atoms with E-state index in [9.17, 15) is 19.5 Å². The zero-order valence-corrected chi connectivity index (χ0v) is 16.4. The fourth-order valence-corrected chi connectivity index (χ4v) is 3.11. The first-order valence-corrected chi connectivity index (χ1v) is 9.23. The molecule has 0 aliphatic rings. The summed E-state index contributed by atoms with van der Waals surface area (Å²) in [5.74, 6) is -2.03. The number of carboxylic acid groups (broad SMARTS) is 1. The van der Waals surface area contributed by atoms with E-state index in [1.54, 1.807) is 12.1 Å². The molecular formula is C20H21BrN2O4. The van der Waals surface area contributed by atoms with E-state index in [0.717, 1.165) is 15.6 Å². The number of carbonyl (C=O) groups excluding carboxylic acids is 2. The summed E-state index contributed by atoms with van der Waals surface area (Å²) < 4.78 is 0.771. The van der Waals surface area contributed by atoms with E-state index in [1.807, 2.05) is 42.5 Å². The molecule has 0 spiro atoms. The molecule has 7 heteroatoms. The van der Waals surface area contributed by atoms with E-state index < -0.39 is 24.0 Å². The molecule has 27 heavy (non-hydrogen) atoms. The van der Waals surface area contributed by atoms with E-state index in [0.29, 0.717) is 0 Å². The predicted octanol–water partition coefficient (Wildman–Crippen LogP) is 2.31. The zero-order chi connectivity index (χ0) is 19.8. The number of nitrogens with one attached hydrogen (secondary N) is 2. The fraction of sp³-hybridized carbons (Fsp3) is 0.250. The summed E-state index contributed by atoms with van der Waals surface area (Å²) in [5, 5.41) is 14.6. The number of halogens is 1. The van der Waals surface area contributed by atoms with Crippen LogP contribution in [0.1, 0.15) is 18.1 Å². The van der Waals surface area contributed by atoms with E-state index in [-0.39, 0.29) is 18.7 Å². The van der Waals surface area contributed by atoms with Crippen molar-refractivity contribution >= 4 is 33.7 Å². The number of hydrogen-bond donors (Lipinski definition) is 3. The Bertz CT molecular complexity index is 811. The van der Waals surface area contributed by atoms with Crippen molar-refractivity contribution in [3.05, 3.63) is 70.2 Å². The maximum Gasteiger partial charge on any atom is 0.326 e. The highest BCUT2D eigenvalue weighted by Gasteiger charge is 2.26. The Morgan fingerprint density at radius 1 is 0.926 bits per heavy atom. The molecule has 6 nitrogen and oxygen atoms in total. The molecule has 0 aliphatic carbocycles. The molecule has 0 saturated carbocycles. The summed E-state index contributed by atoms with van der Waals surface area (Å²) in [7, 11) is 0. The first-order valence-electron chi connectivity index (χ1n) is 8.44. The van der Waals surface area contributed by atoms with Crippen LogP contribution in [0.3, 0.4) is 0 Å². The highest BCUT2D eigenvalue weighted by atomic mass is 79.9. The lowest BCUT2D eigenvalue weighted by atomic mass is 10.0. The zero-order valence-electron chi connectivity index (χ0n) is 14.8. The average molecular weight is 433 g/mol. The van der Waals surface area contributed by atoms with Gasteiger partial charge in [0, 0.05) is 24.2 Å². The van der Waals surface area contributed by atoms with Crippen LogP contribution in [0.15, 0.2) is 59.1 Å². The Labute approximate surface area is 166 Å². The lowest BCUT2D eigenvalue weighted by molar-refractivity contribution is -0.142. The molecule has 2 amide bonds. The molecular weight excluding hydrogens is 412 g/mol. The Morgan fingerprint density at radius 2 is 1.56 bits per heavy atom. The van der Waals surface area contributed by atoms with Crippen molar-refractivity contribution in [2.45, 2.75) is 31.8 Å². The van der Waals surface area contributed by atoms with Crippen molar-refractivity contribution in [3.8, 4) is 0 Å². The number of rotatable bonds is 8. The minimum Gasteiger partial charge on any atom is -0.480 e. The van der Waals surface area contributed by atoms with Gasteiger partial charge in [-0.2, -0.15) is 0 Å². The Balaban J connectivity index is 2.13. The maximum absolute atomic E-state index is 12.7. The van der Waals surface area contributed by atoms with Gasteiger partial charge in [0.1, 0.15) is 12.1 Å². The largest absolute Gasteiger partial charge is 0.480 e. The standard InChI is InChI=1S/C20H21BrN2O4/c1-13(24)22-17(11-14-7-3-2-4-8-14)19(25)23-18(20(26)27)12-15-9-5-6-10-16(15)21/h2-10,17-18H,11-12H2,1H3,(H,22,24)(H,23,25)(H,26,27)/t17-,18+/m1/s1. The van der Waals surface area contributed by atoms with Crippen molar-refractivity contribution in [1.29, 1.82) is 0 Å².